The first-order valence-corrected chi connectivity index (χ1v) is 8.24. The van der Waals surface area contributed by atoms with Gasteiger partial charge in [-0.25, -0.2) is 13.1 Å². The van der Waals surface area contributed by atoms with E-state index in [0.717, 1.165) is 5.56 Å². The minimum Gasteiger partial charge on any atom is -0.495 e. The maximum atomic E-state index is 12.2. The Morgan fingerprint density at radius 3 is 2.52 bits per heavy atom. The van der Waals surface area contributed by atoms with Crippen LogP contribution in [0.25, 0.3) is 0 Å². The number of nitrogens with one attached hydrogen (secondary N) is 1. The van der Waals surface area contributed by atoms with Crippen molar-refractivity contribution in [2.45, 2.75) is 11.4 Å². The maximum Gasteiger partial charge on any atom is 0.240 e. The summed E-state index contributed by atoms with van der Waals surface area (Å²) in [5.41, 5.74) is 0.769. The van der Waals surface area contributed by atoms with E-state index in [1.54, 1.807) is 24.3 Å². The second-order valence-corrected chi connectivity index (χ2v) is 6.86. The molecule has 0 fully saturated rings. The zero-order valence-corrected chi connectivity index (χ0v) is 13.5. The summed E-state index contributed by atoms with van der Waals surface area (Å²) < 4.78 is 31.9. The number of halogens is 2. The van der Waals surface area contributed by atoms with Crippen LogP contribution in [0.5, 0.6) is 5.75 Å². The van der Waals surface area contributed by atoms with Crippen molar-refractivity contribution in [3.8, 4) is 5.75 Å². The quantitative estimate of drug-likeness (QED) is 0.902. The van der Waals surface area contributed by atoms with Gasteiger partial charge in [-0.05, 0) is 35.9 Å². The molecule has 0 heterocycles. The van der Waals surface area contributed by atoms with Crippen molar-refractivity contribution < 1.29 is 13.2 Å². The van der Waals surface area contributed by atoms with Crippen LogP contribution >= 0.6 is 23.2 Å². The largest absolute Gasteiger partial charge is 0.495 e. The molecule has 7 heteroatoms. The fourth-order valence-corrected chi connectivity index (χ4v) is 3.30. The van der Waals surface area contributed by atoms with Crippen LogP contribution in [0.2, 0.25) is 10.0 Å². The van der Waals surface area contributed by atoms with Crippen molar-refractivity contribution >= 4 is 33.2 Å². The van der Waals surface area contributed by atoms with E-state index >= 15 is 0 Å². The van der Waals surface area contributed by atoms with Crippen LogP contribution in [0.3, 0.4) is 0 Å². The van der Waals surface area contributed by atoms with Crippen molar-refractivity contribution in [2.24, 2.45) is 0 Å². The zero-order valence-electron chi connectivity index (χ0n) is 11.1. The standard InChI is InChI=1S/C14H13Cl2NO3S/c1-20-14-6-5-12(8-13(14)16)21(18,19)17-9-10-3-2-4-11(15)7-10/h2-8,17H,9H2,1H3. The third-order valence-corrected chi connectivity index (χ3v) is 4.72. The summed E-state index contributed by atoms with van der Waals surface area (Å²) in [4.78, 5) is 0.0790. The molecule has 0 aromatic heterocycles. The highest BCUT2D eigenvalue weighted by Crippen LogP contribution is 2.26. The van der Waals surface area contributed by atoms with Gasteiger partial charge in [-0.2, -0.15) is 0 Å². The van der Waals surface area contributed by atoms with Crippen LogP contribution in [0.1, 0.15) is 5.56 Å². The van der Waals surface area contributed by atoms with Crippen molar-refractivity contribution in [3.05, 3.63) is 58.1 Å². The van der Waals surface area contributed by atoms with Crippen LogP contribution in [0.15, 0.2) is 47.4 Å². The molecule has 2 aromatic rings. The lowest BCUT2D eigenvalue weighted by atomic mass is 10.2. The summed E-state index contributed by atoms with van der Waals surface area (Å²) in [5.74, 6) is 0.422. The second kappa shape index (κ2) is 6.66. The third kappa shape index (κ3) is 4.11. The SMILES string of the molecule is COc1ccc(S(=O)(=O)NCc2cccc(Cl)c2)cc1Cl. The highest BCUT2D eigenvalue weighted by Gasteiger charge is 2.15. The molecule has 112 valence electrons. The molecule has 1 N–H and O–H groups in total. The summed E-state index contributed by atoms with van der Waals surface area (Å²) in [5, 5.41) is 0.794. The van der Waals surface area contributed by atoms with Crippen molar-refractivity contribution in [2.75, 3.05) is 7.11 Å². The summed E-state index contributed by atoms with van der Waals surface area (Å²) in [6.45, 7) is 0.145. The average molecular weight is 346 g/mol. The van der Waals surface area contributed by atoms with E-state index in [0.29, 0.717) is 10.8 Å². The third-order valence-electron chi connectivity index (χ3n) is 2.79. The zero-order chi connectivity index (χ0) is 15.5. The first kappa shape index (κ1) is 16.1. The van der Waals surface area contributed by atoms with Gasteiger partial charge in [0, 0.05) is 11.6 Å². The Morgan fingerprint density at radius 1 is 1.14 bits per heavy atom. The normalized spacial score (nSPS) is 11.4. The molecule has 0 aliphatic heterocycles. The van der Waals surface area contributed by atoms with Gasteiger partial charge in [0.25, 0.3) is 0 Å². The molecule has 0 radical (unpaired) electrons. The number of methoxy groups -OCH3 is 1. The van der Waals surface area contributed by atoms with Crippen molar-refractivity contribution in [1.82, 2.24) is 4.72 Å². The van der Waals surface area contributed by atoms with Gasteiger partial charge >= 0.3 is 0 Å². The van der Waals surface area contributed by atoms with E-state index < -0.39 is 10.0 Å². The van der Waals surface area contributed by atoms with Crippen molar-refractivity contribution in [1.29, 1.82) is 0 Å². The van der Waals surface area contributed by atoms with Gasteiger partial charge in [0.1, 0.15) is 5.75 Å². The predicted molar refractivity (Wildman–Crippen MR) is 83.5 cm³/mol. The predicted octanol–water partition coefficient (Wildman–Crippen LogP) is 3.48. The Balaban J connectivity index is 2.17. The topological polar surface area (TPSA) is 55.4 Å². The average Bonchev–Trinajstić information content (AvgIpc) is 2.45. The molecule has 2 aromatic carbocycles. The minimum absolute atomic E-state index is 0.0790. The van der Waals surface area contributed by atoms with Crippen LogP contribution in [-0.4, -0.2) is 15.5 Å². The van der Waals surface area contributed by atoms with Crippen LogP contribution in [0, 0.1) is 0 Å². The maximum absolute atomic E-state index is 12.2. The Kier molecular flexibility index (Phi) is 5.11. The molecule has 0 saturated heterocycles. The second-order valence-electron chi connectivity index (χ2n) is 4.25. The summed E-state index contributed by atoms with van der Waals surface area (Å²) in [6.07, 6.45) is 0. The molecule has 0 bridgehead atoms. The first-order chi connectivity index (χ1) is 9.92. The Morgan fingerprint density at radius 2 is 1.90 bits per heavy atom. The fraction of sp³-hybridized carbons (Fsp3) is 0.143. The molecule has 21 heavy (non-hydrogen) atoms. The number of ether oxygens (including phenoxy) is 1. The van der Waals surface area contributed by atoms with Crippen LogP contribution in [-0.2, 0) is 16.6 Å². The molecule has 0 spiro atoms. The molecule has 0 aliphatic carbocycles. The van der Waals surface area contributed by atoms with E-state index in [-0.39, 0.29) is 16.5 Å². The number of benzene rings is 2. The molecule has 0 aliphatic rings. The van der Waals surface area contributed by atoms with E-state index in [1.807, 2.05) is 0 Å². The van der Waals surface area contributed by atoms with Crippen LogP contribution < -0.4 is 9.46 Å². The van der Waals surface area contributed by atoms with Gasteiger partial charge in [-0.1, -0.05) is 35.3 Å². The van der Waals surface area contributed by atoms with E-state index in [9.17, 15) is 8.42 Å². The monoisotopic (exact) mass is 345 g/mol. The summed E-state index contributed by atoms with van der Waals surface area (Å²) in [7, 11) is -2.19. The molecular formula is C14H13Cl2NO3S. The molecule has 0 atom stereocenters. The van der Waals surface area contributed by atoms with Crippen LogP contribution in [0.4, 0.5) is 0 Å². The first-order valence-electron chi connectivity index (χ1n) is 6.00. The van der Waals surface area contributed by atoms with E-state index in [1.165, 1.54) is 25.3 Å². The number of hydrogen-bond acceptors (Lipinski definition) is 3. The highest BCUT2D eigenvalue weighted by molar-refractivity contribution is 7.89. The molecule has 2 rings (SSSR count). The molecular weight excluding hydrogens is 333 g/mol. The lowest BCUT2D eigenvalue weighted by Crippen LogP contribution is -2.23. The minimum atomic E-state index is -3.65. The molecule has 0 amide bonds. The molecule has 4 nitrogen and oxygen atoms in total. The van der Waals surface area contributed by atoms with E-state index in [4.69, 9.17) is 27.9 Å². The summed E-state index contributed by atoms with van der Waals surface area (Å²) in [6, 6.07) is 11.3. The number of hydrogen-bond donors (Lipinski definition) is 1. The molecule has 0 unspecified atom stereocenters. The Hall–Kier alpha value is -1.27. The van der Waals surface area contributed by atoms with Gasteiger partial charge in [0.05, 0.1) is 17.0 Å². The highest BCUT2D eigenvalue weighted by atomic mass is 35.5. The lowest BCUT2D eigenvalue weighted by Gasteiger charge is -2.09. The Labute approximate surface area is 133 Å². The lowest BCUT2D eigenvalue weighted by molar-refractivity contribution is 0.414. The van der Waals surface area contributed by atoms with Crippen molar-refractivity contribution in [3.63, 3.8) is 0 Å². The smallest absolute Gasteiger partial charge is 0.240 e. The summed E-state index contributed by atoms with van der Waals surface area (Å²) >= 11 is 11.8. The number of sulfonamides is 1. The van der Waals surface area contributed by atoms with Gasteiger partial charge in [0.15, 0.2) is 0 Å². The van der Waals surface area contributed by atoms with E-state index in [2.05, 4.69) is 4.72 Å². The van der Waals surface area contributed by atoms with Gasteiger partial charge in [0.2, 0.25) is 10.0 Å². The fourth-order valence-electron chi connectivity index (χ4n) is 1.72. The molecule has 0 saturated carbocycles. The van der Waals surface area contributed by atoms with Gasteiger partial charge < -0.3 is 4.74 Å². The number of rotatable bonds is 5. The Bertz CT molecular complexity index is 748. The van der Waals surface area contributed by atoms with Gasteiger partial charge in [-0.3, -0.25) is 0 Å². The van der Waals surface area contributed by atoms with Gasteiger partial charge in [-0.15, -0.1) is 0 Å².